The van der Waals surface area contributed by atoms with Crippen LogP contribution < -0.4 is 0 Å². The zero-order valence-corrected chi connectivity index (χ0v) is 10.4. The summed E-state index contributed by atoms with van der Waals surface area (Å²) in [6.07, 6.45) is 4.71. The number of hydrogen-bond acceptors (Lipinski definition) is 2. The van der Waals surface area contributed by atoms with Crippen molar-refractivity contribution >= 4 is 11.8 Å². The van der Waals surface area contributed by atoms with E-state index in [1.807, 2.05) is 0 Å². The Hall–Kier alpha value is -0.610. The molecule has 0 atom stereocenters. The summed E-state index contributed by atoms with van der Waals surface area (Å²) >= 11 is 1.20. The van der Waals surface area contributed by atoms with Crippen molar-refractivity contribution in [2.45, 2.75) is 42.6 Å². The molecular weight excluding hydrogens is 242 g/mol. The molecule has 1 fully saturated rings. The summed E-state index contributed by atoms with van der Waals surface area (Å²) in [4.78, 5) is 0.281. The monoisotopic (exact) mass is 258 g/mol. The first-order chi connectivity index (χ1) is 8.09. The fourth-order valence-electron chi connectivity index (χ4n) is 2.15. The Morgan fingerprint density at radius 3 is 2.59 bits per heavy atom. The highest BCUT2D eigenvalue weighted by Gasteiger charge is 2.29. The van der Waals surface area contributed by atoms with Gasteiger partial charge in [-0.05, 0) is 31.0 Å². The lowest BCUT2D eigenvalue weighted by Crippen LogP contribution is -2.34. The molecule has 0 aromatic heterocycles. The van der Waals surface area contributed by atoms with Crippen LogP contribution in [0.5, 0.6) is 0 Å². The van der Waals surface area contributed by atoms with E-state index in [1.165, 1.54) is 17.8 Å². The molecule has 17 heavy (non-hydrogen) atoms. The fourth-order valence-corrected chi connectivity index (χ4v) is 3.27. The van der Waals surface area contributed by atoms with Gasteiger partial charge < -0.3 is 5.11 Å². The van der Waals surface area contributed by atoms with Crippen molar-refractivity contribution < 1.29 is 13.9 Å². The number of rotatable bonds is 3. The topological polar surface area (TPSA) is 20.2 Å². The average Bonchev–Trinajstić information content (AvgIpc) is 2.31. The minimum Gasteiger partial charge on any atom is -0.389 e. The van der Waals surface area contributed by atoms with Crippen LogP contribution in [0.3, 0.4) is 0 Å². The summed E-state index contributed by atoms with van der Waals surface area (Å²) < 4.78 is 26.3. The highest BCUT2D eigenvalue weighted by atomic mass is 32.2. The molecule has 4 heteroatoms. The minimum atomic E-state index is -0.707. The Morgan fingerprint density at radius 1 is 1.18 bits per heavy atom. The van der Waals surface area contributed by atoms with E-state index >= 15 is 0 Å². The van der Waals surface area contributed by atoms with Gasteiger partial charge >= 0.3 is 0 Å². The van der Waals surface area contributed by atoms with Gasteiger partial charge in [0.05, 0.1) is 5.60 Å². The molecule has 2 rings (SSSR count). The Balaban J connectivity index is 1.99. The van der Waals surface area contributed by atoms with Crippen LogP contribution in [0, 0.1) is 11.6 Å². The first kappa shape index (κ1) is 12.8. The Morgan fingerprint density at radius 2 is 1.88 bits per heavy atom. The van der Waals surface area contributed by atoms with E-state index < -0.39 is 17.2 Å². The van der Waals surface area contributed by atoms with E-state index in [0.29, 0.717) is 5.75 Å². The number of hydrogen-bond donors (Lipinski definition) is 1. The van der Waals surface area contributed by atoms with Gasteiger partial charge in [0.2, 0.25) is 0 Å². The molecule has 0 radical (unpaired) electrons. The Bertz CT molecular complexity index is 389. The van der Waals surface area contributed by atoms with Crippen LogP contribution in [-0.4, -0.2) is 16.5 Å². The van der Waals surface area contributed by atoms with Crippen molar-refractivity contribution in [1.82, 2.24) is 0 Å². The first-order valence-corrected chi connectivity index (χ1v) is 6.88. The number of benzene rings is 1. The maximum Gasteiger partial charge on any atom is 0.136 e. The summed E-state index contributed by atoms with van der Waals surface area (Å²) in [7, 11) is 0. The van der Waals surface area contributed by atoms with Gasteiger partial charge in [0.25, 0.3) is 0 Å². The van der Waals surface area contributed by atoms with Gasteiger partial charge in [-0.2, -0.15) is 0 Å². The third-order valence-electron chi connectivity index (χ3n) is 3.17. The second-order valence-electron chi connectivity index (χ2n) is 4.65. The molecule has 1 aromatic carbocycles. The Kier molecular flexibility index (Phi) is 4.05. The average molecular weight is 258 g/mol. The maximum atomic E-state index is 13.4. The molecule has 1 aliphatic rings. The molecule has 0 unspecified atom stereocenters. The second kappa shape index (κ2) is 5.36. The number of aliphatic hydroxyl groups is 1. The van der Waals surface area contributed by atoms with Crippen LogP contribution in [0.25, 0.3) is 0 Å². The van der Waals surface area contributed by atoms with Gasteiger partial charge in [-0.15, -0.1) is 11.8 Å². The van der Waals surface area contributed by atoms with E-state index in [0.717, 1.165) is 44.2 Å². The van der Waals surface area contributed by atoms with Crippen molar-refractivity contribution in [3.63, 3.8) is 0 Å². The zero-order valence-electron chi connectivity index (χ0n) is 9.59. The molecule has 1 aromatic rings. The highest BCUT2D eigenvalue weighted by Crippen LogP contribution is 2.34. The van der Waals surface area contributed by atoms with Gasteiger partial charge in [-0.1, -0.05) is 19.3 Å². The van der Waals surface area contributed by atoms with Gasteiger partial charge in [0.1, 0.15) is 11.6 Å². The van der Waals surface area contributed by atoms with Gasteiger partial charge in [-0.3, -0.25) is 0 Å². The Labute approximate surface area is 104 Å². The van der Waals surface area contributed by atoms with Gasteiger partial charge in [0.15, 0.2) is 0 Å². The molecule has 0 amide bonds. The SMILES string of the molecule is OC1(CSc2cc(F)ccc2F)CCCCC1. The molecule has 1 aliphatic carbocycles. The summed E-state index contributed by atoms with van der Waals surface area (Å²) in [5.74, 6) is -0.423. The first-order valence-electron chi connectivity index (χ1n) is 5.89. The van der Waals surface area contributed by atoms with Crippen molar-refractivity contribution in [2.75, 3.05) is 5.75 Å². The molecule has 0 bridgehead atoms. The summed E-state index contributed by atoms with van der Waals surface area (Å²) in [5, 5.41) is 10.3. The van der Waals surface area contributed by atoms with Crippen molar-refractivity contribution in [3.8, 4) is 0 Å². The highest BCUT2D eigenvalue weighted by molar-refractivity contribution is 7.99. The molecule has 0 saturated heterocycles. The lowest BCUT2D eigenvalue weighted by atomic mass is 9.86. The summed E-state index contributed by atoms with van der Waals surface area (Å²) in [6.45, 7) is 0. The predicted octanol–water partition coefficient (Wildman–Crippen LogP) is 3.75. The van der Waals surface area contributed by atoms with Crippen molar-refractivity contribution in [2.24, 2.45) is 0 Å². The van der Waals surface area contributed by atoms with Crippen LogP contribution >= 0.6 is 11.8 Å². The minimum absolute atomic E-state index is 0.281. The third kappa shape index (κ3) is 3.42. The molecule has 0 spiro atoms. The fraction of sp³-hybridized carbons (Fsp3) is 0.538. The third-order valence-corrected chi connectivity index (χ3v) is 4.48. The second-order valence-corrected chi connectivity index (χ2v) is 5.67. The number of thioether (sulfide) groups is 1. The zero-order chi connectivity index (χ0) is 12.3. The smallest absolute Gasteiger partial charge is 0.136 e. The number of halogens is 2. The quantitative estimate of drug-likeness (QED) is 0.833. The van der Waals surface area contributed by atoms with E-state index in [4.69, 9.17) is 0 Å². The largest absolute Gasteiger partial charge is 0.389 e. The summed E-state index contributed by atoms with van der Waals surface area (Å²) in [5.41, 5.74) is -0.707. The van der Waals surface area contributed by atoms with E-state index in [1.54, 1.807) is 0 Å². The summed E-state index contributed by atoms with van der Waals surface area (Å²) in [6, 6.07) is 3.42. The van der Waals surface area contributed by atoms with Crippen molar-refractivity contribution in [1.29, 1.82) is 0 Å². The van der Waals surface area contributed by atoms with E-state index in [-0.39, 0.29) is 4.90 Å². The van der Waals surface area contributed by atoms with Crippen LogP contribution in [0.2, 0.25) is 0 Å². The van der Waals surface area contributed by atoms with E-state index in [2.05, 4.69) is 0 Å². The van der Waals surface area contributed by atoms with Crippen LogP contribution in [0.4, 0.5) is 8.78 Å². The van der Waals surface area contributed by atoms with Crippen LogP contribution in [0.15, 0.2) is 23.1 Å². The molecule has 0 aliphatic heterocycles. The van der Waals surface area contributed by atoms with Crippen molar-refractivity contribution in [3.05, 3.63) is 29.8 Å². The lowest BCUT2D eigenvalue weighted by Gasteiger charge is -2.31. The van der Waals surface area contributed by atoms with Gasteiger partial charge in [0, 0.05) is 10.6 Å². The maximum absolute atomic E-state index is 13.4. The molecule has 1 saturated carbocycles. The van der Waals surface area contributed by atoms with E-state index in [9.17, 15) is 13.9 Å². The normalized spacial score (nSPS) is 19.2. The molecule has 94 valence electrons. The van der Waals surface area contributed by atoms with Gasteiger partial charge in [-0.25, -0.2) is 8.78 Å². The van der Waals surface area contributed by atoms with Crippen LogP contribution in [0.1, 0.15) is 32.1 Å². The standard InChI is InChI=1S/C13H16F2OS/c14-10-4-5-11(15)12(8-10)17-9-13(16)6-2-1-3-7-13/h4-5,8,16H,1-3,6-7,9H2. The molecule has 1 N–H and O–H groups in total. The van der Waals surface area contributed by atoms with Crippen LogP contribution in [-0.2, 0) is 0 Å². The molecular formula is C13H16F2OS. The predicted molar refractivity (Wildman–Crippen MR) is 65.1 cm³/mol. The lowest BCUT2D eigenvalue weighted by molar-refractivity contribution is 0.0273. The molecule has 0 heterocycles. The molecule has 1 nitrogen and oxygen atoms in total.